The van der Waals surface area contributed by atoms with Gasteiger partial charge < -0.3 is 11.1 Å². The summed E-state index contributed by atoms with van der Waals surface area (Å²) in [5.41, 5.74) is 6.00. The molecule has 112 valence electrons. The molecule has 3 heteroatoms. The number of amides is 1. The van der Waals surface area contributed by atoms with Crippen molar-refractivity contribution in [1.29, 1.82) is 0 Å². The molecule has 1 fully saturated rings. The third kappa shape index (κ3) is 4.48. The van der Waals surface area contributed by atoms with Gasteiger partial charge in [-0.25, -0.2) is 0 Å². The van der Waals surface area contributed by atoms with Gasteiger partial charge in [-0.1, -0.05) is 47.5 Å². The lowest BCUT2D eigenvalue weighted by Crippen LogP contribution is -2.50. The molecule has 19 heavy (non-hydrogen) atoms. The average molecular weight is 268 g/mol. The Labute approximate surface area is 118 Å². The van der Waals surface area contributed by atoms with Gasteiger partial charge in [-0.3, -0.25) is 4.79 Å². The van der Waals surface area contributed by atoms with E-state index < -0.39 is 0 Å². The van der Waals surface area contributed by atoms with Crippen LogP contribution in [0.3, 0.4) is 0 Å². The maximum atomic E-state index is 12.4. The minimum absolute atomic E-state index is 0.0532. The Hall–Kier alpha value is -0.570. The highest BCUT2D eigenvalue weighted by molar-refractivity contribution is 5.79. The van der Waals surface area contributed by atoms with Crippen LogP contribution < -0.4 is 11.1 Å². The Bertz CT molecular complexity index is 294. The highest BCUT2D eigenvalue weighted by Crippen LogP contribution is 2.38. The van der Waals surface area contributed by atoms with Crippen molar-refractivity contribution in [2.75, 3.05) is 6.54 Å². The van der Waals surface area contributed by atoms with Gasteiger partial charge in [0, 0.05) is 12.6 Å². The van der Waals surface area contributed by atoms with Crippen molar-refractivity contribution in [1.82, 2.24) is 5.32 Å². The highest BCUT2D eigenvalue weighted by Gasteiger charge is 2.36. The van der Waals surface area contributed by atoms with Crippen LogP contribution in [0.5, 0.6) is 0 Å². The third-order valence-electron chi connectivity index (χ3n) is 4.60. The van der Waals surface area contributed by atoms with E-state index in [-0.39, 0.29) is 17.2 Å². The molecule has 0 aromatic carbocycles. The summed E-state index contributed by atoms with van der Waals surface area (Å²) < 4.78 is 0. The summed E-state index contributed by atoms with van der Waals surface area (Å²) in [5.74, 6) is 0.985. The molecule has 0 bridgehead atoms. The van der Waals surface area contributed by atoms with Crippen LogP contribution in [-0.4, -0.2) is 18.5 Å². The molecular weight excluding hydrogens is 236 g/mol. The molecule has 0 heterocycles. The molecule has 0 aromatic rings. The molecule has 1 amide bonds. The van der Waals surface area contributed by atoms with E-state index in [1.807, 2.05) is 0 Å². The molecule has 0 spiro atoms. The van der Waals surface area contributed by atoms with Crippen LogP contribution >= 0.6 is 0 Å². The maximum absolute atomic E-state index is 12.4. The molecule has 1 rings (SSSR count). The zero-order chi connectivity index (χ0) is 14.6. The summed E-state index contributed by atoms with van der Waals surface area (Å²) in [6, 6.07) is 0.328. The van der Waals surface area contributed by atoms with Crippen LogP contribution in [0.1, 0.15) is 60.3 Å². The van der Waals surface area contributed by atoms with Crippen LogP contribution in [0.15, 0.2) is 0 Å². The summed E-state index contributed by atoms with van der Waals surface area (Å²) in [6.07, 6.45) is 4.86. The van der Waals surface area contributed by atoms with Gasteiger partial charge in [-0.15, -0.1) is 0 Å². The molecular formula is C16H32N2O. The first kappa shape index (κ1) is 16.5. The van der Waals surface area contributed by atoms with E-state index in [2.05, 4.69) is 39.9 Å². The number of hydrogen-bond donors (Lipinski definition) is 2. The summed E-state index contributed by atoms with van der Waals surface area (Å²) >= 11 is 0. The van der Waals surface area contributed by atoms with E-state index in [0.29, 0.717) is 24.4 Å². The van der Waals surface area contributed by atoms with Crippen LogP contribution in [0, 0.1) is 23.2 Å². The molecule has 1 saturated carbocycles. The van der Waals surface area contributed by atoms with Gasteiger partial charge in [-0.2, -0.15) is 0 Å². The lowest BCUT2D eigenvalue weighted by Gasteiger charge is -2.41. The van der Waals surface area contributed by atoms with E-state index in [0.717, 1.165) is 6.42 Å². The normalized spacial score (nSPS) is 26.3. The summed E-state index contributed by atoms with van der Waals surface area (Å²) in [5, 5.41) is 3.29. The van der Waals surface area contributed by atoms with Gasteiger partial charge in [0.25, 0.3) is 0 Å². The van der Waals surface area contributed by atoms with Gasteiger partial charge in [0.1, 0.15) is 0 Å². The second-order valence-electron chi connectivity index (χ2n) is 7.46. The molecule has 0 radical (unpaired) electrons. The van der Waals surface area contributed by atoms with Gasteiger partial charge in [0.15, 0.2) is 0 Å². The number of hydrogen-bond acceptors (Lipinski definition) is 2. The minimum atomic E-state index is -0.0532. The second kappa shape index (κ2) is 6.74. The fraction of sp³-hybridized carbons (Fsp3) is 0.938. The van der Waals surface area contributed by atoms with Crippen molar-refractivity contribution in [3.05, 3.63) is 0 Å². The monoisotopic (exact) mass is 268 g/mol. The Morgan fingerprint density at radius 1 is 1.26 bits per heavy atom. The average Bonchev–Trinajstić information content (AvgIpc) is 2.28. The Morgan fingerprint density at radius 3 is 2.32 bits per heavy atom. The third-order valence-corrected chi connectivity index (χ3v) is 4.60. The first-order chi connectivity index (χ1) is 8.77. The van der Waals surface area contributed by atoms with Gasteiger partial charge in [0.05, 0.1) is 5.92 Å². The first-order valence-corrected chi connectivity index (χ1v) is 7.77. The topological polar surface area (TPSA) is 55.1 Å². The van der Waals surface area contributed by atoms with Crippen molar-refractivity contribution in [2.24, 2.45) is 28.9 Å². The lowest BCUT2D eigenvalue weighted by molar-refractivity contribution is -0.127. The number of nitrogens with one attached hydrogen (secondary N) is 1. The zero-order valence-electron chi connectivity index (χ0n) is 13.3. The molecule has 0 saturated heterocycles. The molecule has 3 N–H and O–H groups in total. The van der Waals surface area contributed by atoms with Crippen molar-refractivity contribution >= 4 is 5.91 Å². The molecule has 3 unspecified atom stereocenters. The number of carbonyl (C=O) groups is 1. The Kier molecular flexibility index (Phi) is 5.84. The minimum Gasteiger partial charge on any atom is -0.353 e. The smallest absolute Gasteiger partial charge is 0.224 e. The Morgan fingerprint density at radius 2 is 1.84 bits per heavy atom. The predicted octanol–water partition coefficient (Wildman–Crippen LogP) is 2.94. The summed E-state index contributed by atoms with van der Waals surface area (Å²) in [6.45, 7) is 11.4. The largest absolute Gasteiger partial charge is 0.353 e. The van der Waals surface area contributed by atoms with E-state index in [1.165, 1.54) is 19.3 Å². The molecule has 3 nitrogen and oxygen atoms in total. The molecule has 1 aliphatic rings. The van der Waals surface area contributed by atoms with Crippen molar-refractivity contribution in [2.45, 2.75) is 66.3 Å². The number of nitrogens with two attached hydrogens (primary N) is 1. The van der Waals surface area contributed by atoms with E-state index in [1.54, 1.807) is 0 Å². The lowest BCUT2D eigenvalue weighted by atomic mass is 9.69. The fourth-order valence-electron chi connectivity index (χ4n) is 3.31. The quantitative estimate of drug-likeness (QED) is 0.823. The SMILES string of the molecule is CC(C)C(CN)C(=O)NC1CCCCC1C(C)(C)C. The Balaban J connectivity index is 2.69. The van der Waals surface area contributed by atoms with E-state index in [4.69, 9.17) is 5.73 Å². The predicted molar refractivity (Wildman–Crippen MR) is 80.7 cm³/mol. The van der Waals surface area contributed by atoms with Crippen LogP contribution in [0.25, 0.3) is 0 Å². The van der Waals surface area contributed by atoms with Crippen molar-refractivity contribution in [3.63, 3.8) is 0 Å². The maximum Gasteiger partial charge on any atom is 0.224 e. The number of rotatable bonds is 4. The summed E-state index contributed by atoms with van der Waals surface area (Å²) in [7, 11) is 0. The van der Waals surface area contributed by atoms with Crippen LogP contribution in [0.4, 0.5) is 0 Å². The van der Waals surface area contributed by atoms with Crippen LogP contribution in [-0.2, 0) is 4.79 Å². The fourth-order valence-corrected chi connectivity index (χ4v) is 3.31. The standard InChI is InChI=1S/C16H32N2O/c1-11(2)12(10-17)15(19)18-14-9-7-6-8-13(14)16(3,4)5/h11-14H,6-10,17H2,1-5H3,(H,18,19). The highest BCUT2D eigenvalue weighted by atomic mass is 16.2. The first-order valence-electron chi connectivity index (χ1n) is 7.77. The van der Waals surface area contributed by atoms with Gasteiger partial charge in [-0.05, 0) is 30.1 Å². The second-order valence-corrected chi connectivity index (χ2v) is 7.46. The van der Waals surface area contributed by atoms with E-state index in [9.17, 15) is 4.79 Å². The molecule has 1 aliphatic carbocycles. The van der Waals surface area contributed by atoms with Gasteiger partial charge in [0.2, 0.25) is 5.91 Å². The number of carbonyl (C=O) groups excluding carboxylic acids is 1. The molecule has 3 atom stereocenters. The summed E-state index contributed by atoms with van der Waals surface area (Å²) in [4.78, 5) is 12.4. The van der Waals surface area contributed by atoms with Crippen molar-refractivity contribution < 1.29 is 4.79 Å². The molecule has 0 aliphatic heterocycles. The molecule has 0 aromatic heterocycles. The van der Waals surface area contributed by atoms with E-state index >= 15 is 0 Å². The van der Waals surface area contributed by atoms with Crippen LogP contribution in [0.2, 0.25) is 0 Å². The van der Waals surface area contributed by atoms with Gasteiger partial charge >= 0.3 is 0 Å². The zero-order valence-corrected chi connectivity index (χ0v) is 13.3. The van der Waals surface area contributed by atoms with Crippen molar-refractivity contribution in [3.8, 4) is 0 Å².